The molecule has 2 atom stereocenters. The van der Waals surface area contributed by atoms with Crippen LogP contribution in [0.2, 0.25) is 0 Å². The minimum absolute atomic E-state index is 0.470. The maximum atomic E-state index is 11.6. The molecule has 2 unspecified atom stereocenters. The van der Waals surface area contributed by atoms with Crippen molar-refractivity contribution >= 4 is 46.4 Å². The number of fused-ring (bicyclic) bond motifs is 6. The molecule has 0 aromatic heterocycles. The molecule has 39 heavy (non-hydrogen) atoms. The summed E-state index contributed by atoms with van der Waals surface area (Å²) in [5, 5.41) is 23.3. The Labute approximate surface area is 251 Å². The van der Waals surface area contributed by atoms with E-state index in [2.05, 4.69) is 0 Å². The van der Waals surface area contributed by atoms with Crippen molar-refractivity contribution in [1.82, 2.24) is 0 Å². The van der Waals surface area contributed by atoms with Gasteiger partial charge in [-0.05, 0) is 112 Å². The number of alkyl halides is 4. The zero-order valence-electron chi connectivity index (χ0n) is 22.6. The highest BCUT2D eigenvalue weighted by molar-refractivity contribution is 6.18. The Kier molecular flexibility index (Phi) is 10.6. The van der Waals surface area contributed by atoms with E-state index in [1.807, 2.05) is 38.1 Å². The van der Waals surface area contributed by atoms with E-state index < -0.39 is 23.8 Å². The number of halogens is 4. The summed E-state index contributed by atoms with van der Waals surface area (Å²) >= 11 is 23.9. The number of ether oxygens (including phenoxy) is 3. The van der Waals surface area contributed by atoms with Gasteiger partial charge < -0.3 is 19.7 Å². The van der Waals surface area contributed by atoms with Gasteiger partial charge in [0.25, 0.3) is 0 Å². The molecule has 0 fully saturated rings. The SMILES string of the molecule is Cc1cc(C(O)(CCCCl)CCCCl)cc2c1OC1OC2Oc2c(C)cc(C(O)(CCCCl)CCCCl)cc21. The second kappa shape index (κ2) is 13.4. The van der Waals surface area contributed by atoms with Crippen molar-refractivity contribution < 1.29 is 24.4 Å². The third-order valence-corrected chi connectivity index (χ3v) is 8.85. The second-order valence-corrected chi connectivity index (χ2v) is 12.2. The van der Waals surface area contributed by atoms with Crippen LogP contribution in [0.1, 0.15) is 97.3 Å². The molecule has 0 amide bonds. The van der Waals surface area contributed by atoms with Crippen LogP contribution in [0.25, 0.3) is 0 Å². The smallest absolute Gasteiger partial charge is 0.233 e. The standard InChI is InChI=1S/C30H38Cl4O5/c1-19-15-21(29(35,7-3-11-31)8-4-12-32)17-23-25(19)37-28-24-18-22(16-20(2)26(24)38-27(23)39-28)30(36,9-5-13-33)10-6-14-34/h15-18,27-28,35-36H,3-14H2,1-2H3. The molecule has 2 aromatic carbocycles. The average Bonchev–Trinajstić information content (AvgIpc) is 2.93. The summed E-state index contributed by atoms with van der Waals surface area (Å²) in [5.74, 6) is 3.25. The summed E-state index contributed by atoms with van der Waals surface area (Å²) in [7, 11) is 0. The summed E-state index contributed by atoms with van der Waals surface area (Å²) in [6, 6.07) is 7.80. The fourth-order valence-corrected chi connectivity index (χ4v) is 6.27. The molecule has 2 bridgehead atoms. The van der Waals surface area contributed by atoms with Gasteiger partial charge in [0.15, 0.2) is 0 Å². The lowest BCUT2D eigenvalue weighted by Gasteiger charge is -2.41. The van der Waals surface area contributed by atoms with E-state index in [0.29, 0.717) is 86.4 Å². The molecule has 0 aliphatic carbocycles. The lowest BCUT2D eigenvalue weighted by atomic mass is 9.82. The van der Waals surface area contributed by atoms with E-state index in [9.17, 15) is 10.2 Å². The van der Waals surface area contributed by atoms with Crippen LogP contribution in [0.4, 0.5) is 0 Å². The van der Waals surface area contributed by atoms with Crippen LogP contribution < -0.4 is 9.47 Å². The van der Waals surface area contributed by atoms with E-state index in [1.54, 1.807) is 0 Å². The predicted molar refractivity (Wildman–Crippen MR) is 158 cm³/mol. The minimum atomic E-state index is -1.06. The third kappa shape index (κ3) is 6.61. The molecule has 2 aromatic rings. The predicted octanol–water partition coefficient (Wildman–Crippen LogP) is 8.25. The Bertz CT molecular complexity index is 1040. The van der Waals surface area contributed by atoms with Crippen LogP contribution in [0.5, 0.6) is 11.5 Å². The molecular weight excluding hydrogens is 582 g/mol. The van der Waals surface area contributed by atoms with Gasteiger partial charge in [0, 0.05) is 23.5 Å². The highest BCUT2D eigenvalue weighted by Gasteiger charge is 2.42. The summed E-state index contributed by atoms with van der Waals surface area (Å²) in [5.41, 5.74) is 2.70. The van der Waals surface area contributed by atoms with E-state index in [-0.39, 0.29) is 0 Å². The van der Waals surface area contributed by atoms with Gasteiger partial charge in [-0.3, -0.25) is 4.74 Å². The quantitative estimate of drug-likeness (QED) is 0.208. The summed E-state index contributed by atoms with van der Waals surface area (Å²) in [6.45, 7) is 3.93. The first-order valence-electron chi connectivity index (χ1n) is 13.7. The summed E-state index contributed by atoms with van der Waals surface area (Å²) in [6.07, 6.45) is 3.48. The van der Waals surface area contributed by atoms with Crippen molar-refractivity contribution in [3.05, 3.63) is 57.6 Å². The summed E-state index contributed by atoms with van der Waals surface area (Å²) in [4.78, 5) is 0. The molecule has 216 valence electrons. The van der Waals surface area contributed by atoms with Crippen molar-refractivity contribution in [2.24, 2.45) is 0 Å². The first kappa shape index (κ1) is 31.0. The number of hydrogen-bond acceptors (Lipinski definition) is 5. The number of aliphatic hydroxyl groups is 2. The molecule has 5 nitrogen and oxygen atoms in total. The van der Waals surface area contributed by atoms with E-state index in [1.165, 1.54) is 0 Å². The lowest BCUT2D eigenvalue weighted by molar-refractivity contribution is -0.228. The van der Waals surface area contributed by atoms with Gasteiger partial charge in [-0.15, -0.1) is 46.4 Å². The van der Waals surface area contributed by atoms with E-state index in [0.717, 1.165) is 33.4 Å². The number of aryl methyl sites for hydroxylation is 2. The van der Waals surface area contributed by atoms with Gasteiger partial charge in [0.2, 0.25) is 12.6 Å². The largest absolute Gasteiger partial charge is 0.459 e. The molecule has 0 saturated heterocycles. The van der Waals surface area contributed by atoms with Crippen LogP contribution >= 0.6 is 46.4 Å². The highest BCUT2D eigenvalue weighted by Crippen LogP contribution is 2.52. The molecule has 9 heteroatoms. The Hall–Kier alpha value is -0.920. The molecular formula is C30H38Cl4O5. The second-order valence-electron chi connectivity index (χ2n) is 10.7. The number of hydrogen-bond donors (Lipinski definition) is 2. The van der Waals surface area contributed by atoms with Crippen molar-refractivity contribution in [1.29, 1.82) is 0 Å². The van der Waals surface area contributed by atoms with E-state index in [4.69, 9.17) is 60.6 Å². The zero-order valence-corrected chi connectivity index (χ0v) is 25.6. The van der Waals surface area contributed by atoms with Crippen molar-refractivity contribution in [3.63, 3.8) is 0 Å². The first-order valence-corrected chi connectivity index (χ1v) is 15.8. The average molecular weight is 620 g/mol. The van der Waals surface area contributed by atoms with Gasteiger partial charge in [0.1, 0.15) is 11.5 Å². The van der Waals surface area contributed by atoms with Crippen LogP contribution in [0, 0.1) is 13.8 Å². The van der Waals surface area contributed by atoms with Crippen LogP contribution in [0.3, 0.4) is 0 Å². The Morgan fingerprint density at radius 1 is 0.615 bits per heavy atom. The molecule has 4 rings (SSSR count). The van der Waals surface area contributed by atoms with Crippen molar-refractivity contribution in [2.75, 3.05) is 23.5 Å². The third-order valence-electron chi connectivity index (χ3n) is 7.78. The topological polar surface area (TPSA) is 68.2 Å². The highest BCUT2D eigenvalue weighted by atomic mass is 35.5. The van der Waals surface area contributed by atoms with Gasteiger partial charge >= 0.3 is 0 Å². The fourth-order valence-electron chi connectivity index (χ4n) is 5.73. The fraction of sp³-hybridized carbons (Fsp3) is 0.600. The Morgan fingerprint density at radius 2 is 0.949 bits per heavy atom. The van der Waals surface area contributed by atoms with Crippen LogP contribution in [-0.2, 0) is 15.9 Å². The molecule has 0 saturated carbocycles. The van der Waals surface area contributed by atoms with Gasteiger partial charge in [0.05, 0.1) is 22.3 Å². The van der Waals surface area contributed by atoms with Crippen LogP contribution in [0.15, 0.2) is 24.3 Å². The molecule has 0 spiro atoms. The number of benzene rings is 2. The Balaban J connectivity index is 1.70. The maximum Gasteiger partial charge on any atom is 0.233 e. The maximum absolute atomic E-state index is 11.6. The molecule has 0 radical (unpaired) electrons. The molecule has 2 aliphatic rings. The van der Waals surface area contributed by atoms with Crippen molar-refractivity contribution in [3.8, 4) is 11.5 Å². The van der Waals surface area contributed by atoms with Crippen molar-refractivity contribution in [2.45, 2.75) is 89.0 Å². The van der Waals surface area contributed by atoms with Gasteiger partial charge in [-0.25, -0.2) is 0 Å². The molecule has 2 N–H and O–H groups in total. The van der Waals surface area contributed by atoms with Gasteiger partial charge in [-0.1, -0.05) is 0 Å². The monoisotopic (exact) mass is 618 g/mol. The summed E-state index contributed by atoms with van der Waals surface area (Å²) < 4.78 is 19.1. The van der Waals surface area contributed by atoms with Gasteiger partial charge in [-0.2, -0.15) is 0 Å². The molecule has 2 aliphatic heterocycles. The minimum Gasteiger partial charge on any atom is -0.459 e. The lowest BCUT2D eigenvalue weighted by Crippen LogP contribution is -2.33. The first-order chi connectivity index (χ1) is 18.7. The normalized spacial score (nSPS) is 18.3. The number of rotatable bonds is 14. The zero-order chi connectivity index (χ0) is 28.2. The molecule has 2 heterocycles. The Morgan fingerprint density at radius 3 is 1.26 bits per heavy atom. The van der Waals surface area contributed by atoms with E-state index >= 15 is 0 Å². The van der Waals surface area contributed by atoms with Crippen LogP contribution in [-0.4, -0.2) is 33.7 Å².